The van der Waals surface area contributed by atoms with Crippen LogP contribution in [0.1, 0.15) is 32.6 Å². The minimum absolute atomic E-state index is 0.0234. The lowest BCUT2D eigenvalue weighted by Crippen LogP contribution is -2.43. The van der Waals surface area contributed by atoms with Gasteiger partial charge in [-0.05, 0) is 25.8 Å². The van der Waals surface area contributed by atoms with Gasteiger partial charge < -0.3 is 15.3 Å². The molecule has 0 saturated heterocycles. The predicted molar refractivity (Wildman–Crippen MR) is 83.9 cm³/mol. The Morgan fingerprint density at radius 2 is 2.10 bits per heavy atom. The fraction of sp³-hybridized carbons (Fsp3) is 0.600. The molecule has 116 valence electrons. The molecule has 6 nitrogen and oxygen atoms in total. The summed E-state index contributed by atoms with van der Waals surface area (Å²) in [4.78, 5) is 12.7. The summed E-state index contributed by atoms with van der Waals surface area (Å²) in [5, 5.41) is 24.4. The number of nitrogens with one attached hydrogen (secondary N) is 1. The van der Waals surface area contributed by atoms with E-state index in [4.69, 9.17) is 0 Å². The molecule has 0 bridgehead atoms. The van der Waals surface area contributed by atoms with Gasteiger partial charge in [-0.3, -0.25) is 10.1 Å². The summed E-state index contributed by atoms with van der Waals surface area (Å²) in [5.74, 6) is 0. The van der Waals surface area contributed by atoms with Crippen molar-refractivity contribution in [3.05, 3.63) is 28.3 Å². The summed E-state index contributed by atoms with van der Waals surface area (Å²) in [6, 6.07) is 5.04. The van der Waals surface area contributed by atoms with E-state index in [0.29, 0.717) is 6.54 Å². The minimum Gasteiger partial charge on any atom is -0.391 e. The molecule has 2 atom stereocenters. The molecule has 6 heteroatoms. The van der Waals surface area contributed by atoms with E-state index in [2.05, 4.69) is 5.32 Å². The van der Waals surface area contributed by atoms with Crippen LogP contribution in [0.15, 0.2) is 18.2 Å². The van der Waals surface area contributed by atoms with E-state index in [-0.39, 0.29) is 22.8 Å². The lowest BCUT2D eigenvalue weighted by Gasteiger charge is -2.36. The highest BCUT2D eigenvalue weighted by molar-refractivity contribution is 5.64. The molecule has 0 aromatic heterocycles. The average Bonchev–Trinajstić information content (AvgIpc) is 2.47. The van der Waals surface area contributed by atoms with Gasteiger partial charge in [0.2, 0.25) is 0 Å². The van der Waals surface area contributed by atoms with E-state index in [1.807, 2.05) is 24.9 Å². The number of benzene rings is 1. The van der Waals surface area contributed by atoms with Gasteiger partial charge in [0, 0.05) is 37.1 Å². The highest BCUT2D eigenvalue weighted by Crippen LogP contribution is 2.31. The molecule has 1 aromatic carbocycles. The van der Waals surface area contributed by atoms with Crippen LogP contribution in [0, 0.1) is 10.1 Å². The van der Waals surface area contributed by atoms with Crippen molar-refractivity contribution in [1.29, 1.82) is 0 Å². The number of aliphatic hydroxyl groups excluding tert-OH is 1. The Bertz CT molecular complexity index is 507. The van der Waals surface area contributed by atoms with Gasteiger partial charge >= 0.3 is 0 Å². The first kappa shape index (κ1) is 15.6. The molecule has 1 saturated carbocycles. The second-order valence-electron chi connectivity index (χ2n) is 5.56. The van der Waals surface area contributed by atoms with Crippen molar-refractivity contribution >= 4 is 17.1 Å². The molecule has 21 heavy (non-hydrogen) atoms. The standard InChI is InChI=1S/C15H23N3O3/c1-3-16-11-8-12(10-13(9-11)18(20)21)17(2)14-6-4-5-7-15(14)19/h8-10,14-16,19H,3-7H2,1-2H3. The molecular formula is C15H23N3O3. The normalized spacial score (nSPS) is 21.9. The fourth-order valence-corrected chi connectivity index (χ4v) is 2.95. The van der Waals surface area contributed by atoms with Gasteiger partial charge in [-0.15, -0.1) is 0 Å². The van der Waals surface area contributed by atoms with Gasteiger partial charge in [0.05, 0.1) is 17.1 Å². The van der Waals surface area contributed by atoms with Crippen LogP contribution in [0.2, 0.25) is 0 Å². The van der Waals surface area contributed by atoms with Crippen molar-refractivity contribution < 1.29 is 10.0 Å². The van der Waals surface area contributed by atoms with Gasteiger partial charge in [-0.25, -0.2) is 0 Å². The number of non-ortho nitro benzene ring substituents is 1. The molecule has 1 aliphatic carbocycles. The van der Waals surface area contributed by atoms with Crippen molar-refractivity contribution in [1.82, 2.24) is 0 Å². The van der Waals surface area contributed by atoms with Crippen LogP contribution in [0.5, 0.6) is 0 Å². The highest BCUT2D eigenvalue weighted by Gasteiger charge is 2.27. The van der Waals surface area contributed by atoms with Crippen molar-refractivity contribution in [2.45, 2.75) is 44.8 Å². The summed E-state index contributed by atoms with van der Waals surface area (Å²) in [7, 11) is 1.90. The maximum atomic E-state index is 11.1. The smallest absolute Gasteiger partial charge is 0.273 e. The third kappa shape index (κ3) is 3.64. The topological polar surface area (TPSA) is 78.6 Å². The van der Waals surface area contributed by atoms with Crippen LogP contribution >= 0.6 is 0 Å². The van der Waals surface area contributed by atoms with E-state index in [1.165, 1.54) is 6.07 Å². The number of nitro groups is 1. The molecule has 1 aromatic rings. The van der Waals surface area contributed by atoms with Crippen LogP contribution in [-0.4, -0.2) is 35.8 Å². The van der Waals surface area contributed by atoms with Crippen LogP contribution in [-0.2, 0) is 0 Å². The number of nitro benzene ring substituents is 1. The van der Waals surface area contributed by atoms with Gasteiger partial charge in [-0.2, -0.15) is 0 Å². The number of hydrogen-bond acceptors (Lipinski definition) is 5. The summed E-state index contributed by atoms with van der Waals surface area (Å²) >= 11 is 0. The zero-order chi connectivity index (χ0) is 15.4. The fourth-order valence-electron chi connectivity index (χ4n) is 2.95. The van der Waals surface area contributed by atoms with Gasteiger partial charge in [0.25, 0.3) is 5.69 Å². The Morgan fingerprint density at radius 3 is 2.71 bits per heavy atom. The van der Waals surface area contributed by atoms with Crippen molar-refractivity contribution in [2.75, 3.05) is 23.8 Å². The van der Waals surface area contributed by atoms with Crippen LogP contribution in [0.3, 0.4) is 0 Å². The molecule has 0 aliphatic heterocycles. The van der Waals surface area contributed by atoms with Crippen molar-refractivity contribution in [3.8, 4) is 0 Å². The molecule has 1 fully saturated rings. The maximum absolute atomic E-state index is 11.1. The summed E-state index contributed by atoms with van der Waals surface area (Å²) in [6.45, 7) is 2.66. The third-order valence-electron chi connectivity index (χ3n) is 4.09. The Balaban J connectivity index is 2.30. The SMILES string of the molecule is CCNc1cc(N(C)C2CCCCC2O)cc([N+](=O)[O-])c1. The molecule has 2 unspecified atom stereocenters. The zero-order valence-electron chi connectivity index (χ0n) is 12.6. The zero-order valence-corrected chi connectivity index (χ0v) is 12.6. The molecule has 2 rings (SSSR count). The number of anilines is 2. The van der Waals surface area contributed by atoms with Gasteiger partial charge in [0.15, 0.2) is 0 Å². The first-order valence-electron chi connectivity index (χ1n) is 7.47. The van der Waals surface area contributed by atoms with Crippen LogP contribution in [0.25, 0.3) is 0 Å². The van der Waals surface area contributed by atoms with Gasteiger partial charge in [-0.1, -0.05) is 12.8 Å². The number of nitrogens with zero attached hydrogens (tertiary/aromatic N) is 2. The van der Waals surface area contributed by atoms with E-state index >= 15 is 0 Å². The minimum atomic E-state index is -0.379. The maximum Gasteiger partial charge on any atom is 0.273 e. The quantitative estimate of drug-likeness (QED) is 0.644. The molecule has 0 spiro atoms. The molecular weight excluding hydrogens is 270 g/mol. The summed E-state index contributed by atoms with van der Waals surface area (Å²) < 4.78 is 0. The van der Waals surface area contributed by atoms with E-state index in [1.54, 1.807) is 6.07 Å². The molecule has 1 aliphatic rings. The Morgan fingerprint density at radius 1 is 1.38 bits per heavy atom. The highest BCUT2D eigenvalue weighted by atomic mass is 16.6. The van der Waals surface area contributed by atoms with E-state index in [9.17, 15) is 15.2 Å². The van der Waals surface area contributed by atoms with Crippen molar-refractivity contribution in [2.24, 2.45) is 0 Å². The molecule has 0 radical (unpaired) electrons. The number of likely N-dealkylation sites (N-methyl/N-ethyl adjacent to an activating group) is 1. The second-order valence-corrected chi connectivity index (χ2v) is 5.56. The number of aliphatic hydroxyl groups is 1. The van der Waals surface area contributed by atoms with Crippen LogP contribution < -0.4 is 10.2 Å². The van der Waals surface area contributed by atoms with Crippen molar-refractivity contribution in [3.63, 3.8) is 0 Å². The Hall–Kier alpha value is -1.82. The first-order valence-corrected chi connectivity index (χ1v) is 7.47. The first-order chi connectivity index (χ1) is 10.0. The molecule has 2 N–H and O–H groups in total. The second kappa shape index (κ2) is 6.76. The largest absolute Gasteiger partial charge is 0.391 e. The third-order valence-corrected chi connectivity index (χ3v) is 4.09. The predicted octanol–water partition coefficient (Wildman–Crippen LogP) is 2.77. The Labute approximate surface area is 124 Å². The molecule has 0 amide bonds. The summed E-state index contributed by atoms with van der Waals surface area (Å²) in [5.41, 5.74) is 1.57. The summed E-state index contributed by atoms with van der Waals surface area (Å²) in [6.07, 6.45) is 3.47. The lowest BCUT2D eigenvalue weighted by molar-refractivity contribution is -0.384. The van der Waals surface area contributed by atoms with E-state index < -0.39 is 0 Å². The Kier molecular flexibility index (Phi) is 5.01. The number of rotatable bonds is 5. The number of hydrogen-bond donors (Lipinski definition) is 2. The van der Waals surface area contributed by atoms with E-state index in [0.717, 1.165) is 37.1 Å². The lowest BCUT2D eigenvalue weighted by atomic mass is 9.91. The van der Waals surface area contributed by atoms with Crippen LogP contribution in [0.4, 0.5) is 17.1 Å². The monoisotopic (exact) mass is 293 g/mol. The van der Waals surface area contributed by atoms with Gasteiger partial charge in [0.1, 0.15) is 0 Å². The molecule has 0 heterocycles. The average molecular weight is 293 g/mol.